The van der Waals surface area contributed by atoms with Crippen LogP contribution in [0.25, 0.3) is 0 Å². The van der Waals surface area contributed by atoms with Crippen LogP contribution in [0.2, 0.25) is 0 Å². The van der Waals surface area contributed by atoms with Gasteiger partial charge in [-0.05, 0) is 12.5 Å². The van der Waals surface area contributed by atoms with Gasteiger partial charge in [0.05, 0.1) is 0 Å². The van der Waals surface area contributed by atoms with Crippen molar-refractivity contribution in [1.29, 1.82) is 0 Å². The third-order valence-corrected chi connectivity index (χ3v) is 3.33. The number of piperazine rings is 1. The standard InChI is InChI=1S/C8H18N2S2/c1-11-7-9-3-5-10(6-4-9)8-12-2/h3-8H2,1-2H3. The van der Waals surface area contributed by atoms with Gasteiger partial charge in [-0.25, -0.2) is 0 Å². The van der Waals surface area contributed by atoms with Crippen LogP contribution < -0.4 is 0 Å². The zero-order chi connectivity index (χ0) is 8.81. The zero-order valence-electron chi connectivity index (χ0n) is 7.95. The van der Waals surface area contributed by atoms with Crippen molar-refractivity contribution in [3.05, 3.63) is 0 Å². The lowest BCUT2D eigenvalue weighted by Gasteiger charge is -2.33. The summed E-state index contributed by atoms with van der Waals surface area (Å²) in [5.41, 5.74) is 0. The lowest BCUT2D eigenvalue weighted by molar-refractivity contribution is 0.169. The van der Waals surface area contributed by atoms with E-state index in [9.17, 15) is 0 Å². The molecule has 2 nitrogen and oxygen atoms in total. The van der Waals surface area contributed by atoms with Crippen LogP contribution in [0, 0.1) is 0 Å². The molecule has 72 valence electrons. The second-order valence-electron chi connectivity index (χ2n) is 3.07. The van der Waals surface area contributed by atoms with Gasteiger partial charge in [-0.3, -0.25) is 9.80 Å². The number of nitrogens with zero attached hydrogens (tertiary/aromatic N) is 2. The molecule has 12 heavy (non-hydrogen) atoms. The number of thioether (sulfide) groups is 2. The molecule has 1 rings (SSSR count). The van der Waals surface area contributed by atoms with Gasteiger partial charge in [0.25, 0.3) is 0 Å². The molecule has 0 saturated carbocycles. The van der Waals surface area contributed by atoms with Crippen molar-refractivity contribution >= 4 is 23.5 Å². The minimum absolute atomic E-state index is 1.20. The molecule has 0 unspecified atom stereocenters. The first-order chi connectivity index (χ1) is 5.86. The molecule has 4 heteroatoms. The molecular formula is C8H18N2S2. The summed E-state index contributed by atoms with van der Waals surface area (Å²) in [5.74, 6) is 2.40. The van der Waals surface area contributed by atoms with Gasteiger partial charge in [-0.1, -0.05) is 0 Å². The molecule has 0 aliphatic carbocycles. The molecule has 0 amide bonds. The third-order valence-electron chi connectivity index (χ3n) is 2.09. The van der Waals surface area contributed by atoms with Crippen molar-refractivity contribution in [2.24, 2.45) is 0 Å². The van der Waals surface area contributed by atoms with Gasteiger partial charge >= 0.3 is 0 Å². The van der Waals surface area contributed by atoms with E-state index < -0.39 is 0 Å². The van der Waals surface area contributed by atoms with Crippen molar-refractivity contribution in [3.63, 3.8) is 0 Å². The predicted molar refractivity (Wildman–Crippen MR) is 59.9 cm³/mol. The fraction of sp³-hybridized carbons (Fsp3) is 1.00. The second kappa shape index (κ2) is 6.13. The summed E-state index contributed by atoms with van der Waals surface area (Å²) < 4.78 is 0. The Hall–Kier alpha value is 0.620. The van der Waals surface area contributed by atoms with Crippen LogP contribution in [-0.2, 0) is 0 Å². The molecular weight excluding hydrogens is 188 g/mol. The van der Waals surface area contributed by atoms with Crippen molar-refractivity contribution in [2.45, 2.75) is 0 Å². The molecule has 1 aliphatic heterocycles. The minimum Gasteiger partial charge on any atom is -0.292 e. The first-order valence-corrected chi connectivity index (χ1v) is 7.08. The van der Waals surface area contributed by atoms with Gasteiger partial charge in [0, 0.05) is 37.9 Å². The highest BCUT2D eigenvalue weighted by atomic mass is 32.2. The molecule has 0 atom stereocenters. The molecule has 0 spiro atoms. The number of hydrogen-bond donors (Lipinski definition) is 0. The highest BCUT2D eigenvalue weighted by Gasteiger charge is 2.14. The predicted octanol–water partition coefficient (Wildman–Crippen LogP) is 1.24. The van der Waals surface area contributed by atoms with E-state index in [0.29, 0.717) is 0 Å². The molecule has 0 bridgehead atoms. The average Bonchev–Trinajstić information content (AvgIpc) is 2.09. The molecule has 1 saturated heterocycles. The highest BCUT2D eigenvalue weighted by molar-refractivity contribution is 7.98. The van der Waals surface area contributed by atoms with Gasteiger partial charge in [0.15, 0.2) is 0 Å². The molecule has 1 heterocycles. The van der Waals surface area contributed by atoms with E-state index in [1.54, 1.807) is 0 Å². The summed E-state index contributed by atoms with van der Waals surface area (Å²) >= 11 is 3.85. The summed E-state index contributed by atoms with van der Waals surface area (Å²) in [6.45, 7) is 5.01. The summed E-state index contributed by atoms with van der Waals surface area (Å²) in [4.78, 5) is 5.06. The molecule has 0 aromatic rings. The molecule has 0 N–H and O–H groups in total. The molecule has 0 radical (unpaired) electrons. The maximum atomic E-state index is 2.53. The lowest BCUT2D eigenvalue weighted by Crippen LogP contribution is -2.45. The van der Waals surface area contributed by atoms with E-state index in [0.717, 1.165) is 0 Å². The Morgan fingerprint density at radius 1 is 0.833 bits per heavy atom. The van der Waals surface area contributed by atoms with Crippen LogP contribution in [0.3, 0.4) is 0 Å². The summed E-state index contributed by atoms with van der Waals surface area (Å²) in [6, 6.07) is 0. The second-order valence-corrected chi connectivity index (χ2v) is 4.74. The van der Waals surface area contributed by atoms with E-state index >= 15 is 0 Å². The van der Waals surface area contributed by atoms with Crippen LogP contribution in [0.4, 0.5) is 0 Å². The average molecular weight is 206 g/mol. The van der Waals surface area contributed by atoms with Gasteiger partial charge in [0.2, 0.25) is 0 Å². The summed E-state index contributed by atoms with van der Waals surface area (Å²) in [5, 5.41) is 0. The van der Waals surface area contributed by atoms with Crippen LogP contribution in [0.15, 0.2) is 0 Å². The maximum Gasteiger partial charge on any atom is 0.0442 e. The maximum absolute atomic E-state index is 2.53. The molecule has 1 aliphatic rings. The number of rotatable bonds is 4. The lowest BCUT2D eigenvalue weighted by atomic mass is 10.4. The van der Waals surface area contributed by atoms with Crippen molar-refractivity contribution in [2.75, 3.05) is 50.4 Å². The normalized spacial score (nSPS) is 21.5. The van der Waals surface area contributed by atoms with E-state index in [2.05, 4.69) is 22.3 Å². The molecule has 0 aromatic carbocycles. The first-order valence-electron chi connectivity index (χ1n) is 4.29. The van der Waals surface area contributed by atoms with Crippen LogP contribution in [0.5, 0.6) is 0 Å². The third kappa shape index (κ3) is 3.56. The minimum atomic E-state index is 1.20. The Morgan fingerprint density at radius 3 is 1.42 bits per heavy atom. The van der Waals surface area contributed by atoms with Crippen LogP contribution >= 0.6 is 23.5 Å². The van der Waals surface area contributed by atoms with Gasteiger partial charge in [0.1, 0.15) is 0 Å². The summed E-state index contributed by atoms with van der Waals surface area (Å²) in [7, 11) is 0. The number of hydrogen-bond acceptors (Lipinski definition) is 4. The van der Waals surface area contributed by atoms with Crippen molar-refractivity contribution in [1.82, 2.24) is 9.80 Å². The van der Waals surface area contributed by atoms with E-state index in [-0.39, 0.29) is 0 Å². The SMILES string of the molecule is CSCN1CCN(CSC)CC1. The highest BCUT2D eigenvalue weighted by Crippen LogP contribution is 2.07. The van der Waals surface area contributed by atoms with E-state index in [1.807, 2.05) is 23.5 Å². The Bertz CT molecular complexity index is 99.6. The van der Waals surface area contributed by atoms with Crippen LogP contribution in [0.1, 0.15) is 0 Å². The monoisotopic (exact) mass is 206 g/mol. The van der Waals surface area contributed by atoms with Crippen molar-refractivity contribution < 1.29 is 0 Å². The Balaban J connectivity index is 2.11. The topological polar surface area (TPSA) is 6.48 Å². The van der Waals surface area contributed by atoms with E-state index in [4.69, 9.17) is 0 Å². The van der Waals surface area contributed by atoms with E-state index in [1.165, 1.54) is 37.9 Å². The van der Waals surface area contributed by atoms with Gasteiger partial charge in [-0.2, -0.15) is 0 Å². The quantitative estimate of drug-likeness (QED) is 0.682. The molecule has 1 fully saturated rings. The van der Waals surface area contributed by atoms with Gasteiger partial charge in [-0.15, -0.1) is 23.5 Å². The Morgan fingerprint density at radius 2 is 1.17 bits per heavy atom. The zero-order valence-corrected chi connectivity index (χ0v) is 9.59. The summed E-state index contributed by atoms with van der Waals surface area (Å²) in [6.07, 6.45) is 4.35. The Labute approximate surface area is 84.1 Å². The fourth-order valence-electron chi connectivity index (χ4n) is 1.41. The van der Waals surface area contributed by atoms with Crippen LogP contribution in [-0.4, -0.2) is 60.2 Å². The largest absolute Gasteiger partial charge is 0.292 e. The Kier molecular flexibility index (Phi) is 5.47. The molecule has 0 aromatic heterocycles. The first kappa shape index (κ1) is 10.7. The van der Waals surface area contributed by atoms with Crippen molar-refractivity contribution in [3.8, 4) is 0 Å². The van der Waals surface area contributed by atoms with Gasteiger partial charge < -0.3 is 0 Å². The smallest absolute Gasteiger partial charge is 0.0442 e. The fourth-order valence-corrected chi connectivity index (χ4v) is 2.66.